The first-order valence-corrected chi connectivity index (χ1v) is 7.35. The molecule has 1 aliphatic rings. The van der Waals surface area contributed by atoms with Crippen LogP contribution in [0.25, 0.3) is 0 Å². The largest absolute Gasteiger partial charge is 0.347 e. The highest BCUT2D eigenvalue weighted by Crippen LogP contribution is 2.27. The Morgan fingerprint density at radius 1 is 1.38 bits per heavy atom. The summed E-state index contributed by atoms with van der Waals surface area (Å²) in [5.41, 5.74) is 5.68. The number of carbonyl (C=O) groups excluding carboxylic acids is 1. The van der Waals surface area contributed by atoms with E-state index in [1.54, 1.807) is 6.07 Å². The topological polar surface area (TPSA) is 55.1 Å². The summed E-state index contributed by atoms with van der Waals surface area (Å²) in [4.78, 5) is 12.3. The van der Waals surface area contributed by atoms with Gasteiger partial charge in [0, 0.05) is 11.1 Å². The molecule has 0 saturated heterocycles. The Bertz CT molecular complexity index is 580. The maximum Gasteiger partial charge on any atom is 0.251 e. The highest BCUT2D eigenvalue weighted by atomic mass is 19.1. The first-order chi connectivity index (χ1) is 10.0. The third kappa shape index (κ3) is 4.05. The fraction of sp³-hybridized carbons (Fsp3) is 0.471. The van der Waals surface area contributed by atoms with Gasteiger partial charge in [-0.05, 0) is 38.0 Å². The van der Waals surface area contributed by atoms with Crippen LogP contribution in [0.3, 0.4) is 0 Å². The molecule has 0 heterocycles. The number of nitrogens with two attached hydrogens (primary N) is 1. The zero-order chi connectivity index (χ0) is 15.3. The van der Waals surface area contributed by atoms with Gasteiger partial charge in [-0.25, -0.2) is 4.39 Å². The van der Waals surface area contributed by atoms with Gasteiger partial charge in [-0.1, -0.05) is 31.1 Å². The molecule has 4 heteroatoms. The van der Waals surface area contributed by atoms with Crippen molar-refractivity contribution in [1.29, 1.82) is 0 Å². The molecule has 0 unspecified atom stereocenters. The number of benzene rings is 1. The van der Waals surface area contributed by atoms with E-state index in [9.17, 15) is 9.18 Å². The standard InChI is InChI=1S/C17H21FN2O/c1-17(9-3-2-4-10-17)20-16(21)14-8-7-13(6-5-11-19)15(18)12-14/h7-8,12H,2-4,9-11,19H2,1H3,(H,20,21). The highest BCUT2D eigenvalue weighted by molar-refractivity contribution is 5.94. The van der Waals surface area contributed by atoms with Gasteiger partial charge in [0.15, 0.2) is 0 Å². The third-order valence-electron chi connectivity index (χ3n) is 3.93. The van der Waals surface area contributed by atoms with Crippen LogP contribution in [-0.4, -0.2) is 18.0 Å². The van der Waals surface area contributed by atoms with Crippen LogP contribution < -0.4 is 11.1 Å². The SMILES string of the molecule is CC1(NC(=O)c2ccc(C#CCN)c(F)c2)CCCCC1. The van der Waals surface area contributed by atoms with E-state index in [1.165, 1.54) is 18.6 Å². The van der Waals surface area contributed by atoms with Crippen molar-refractivity contribution in [2.75, 3.05) is 6.54 Å². The lowest BCUT2D eigenvalue weighted by Crippen LogP contribution is -2.47. The summed E-state index contributed by atoms with van der Waals surface area (Å²) in [5, 5.41) is 3.04. The fourth-order valence-corrected chi connectivity index (χ4v) is 2.71. The molecule has 0 spiro atoms. The van der Waals surface area contributed by atoms with Gasteiger partial charge in [0.05, 0.1) is 12.1 Å². The lowest BCUT2D eigenvalue weighted by atomic mass is 9.83. The molecule has 1 amide bonds. The van der Waals surface area contributed by atoms with Crippen LogP contribution in [0.15, 0.2) is 18.2 Å². The zero-order valence-corrected chi connectivity index (χ0v) is 12.3. The minimum absolute atomic E-state index is 0.177. The molecule has 1 saturated carbocycles. The molecule has 0 aromatic heterocycles. The molecular formula is C17H21FN2O. The second kappa shape index (κ2) is 6.73. The molecule has 2 rings (SSSR count). The molecule has 21 heavy (non-hydrogen) atoms. The Labute approximate surface area is 125 Å². The number of hydrogen-bond donors (Lipinski definition) is 2. The first kappa shape index (κ1) is 15.5. The van der Waals surface area contributed by atoms with E-state index < -0.39 is 5.82 Å². The molecule has 3 N–H and O–H groups in total. The number of hydrogen-bond acceptors (Lipinski definition) is 2. The van der Waals surface area contributed by atoms with Crippen LogP contribution in [0.2, 0.25) is 0 Å². The molecule has 112 valence electrons. The van der Waals surface area contributed by atoms with Crippen LogP contribution in [0.4, 0.5) is 4.39 Å². The summed E-state index contributed by atoms with van der Waals surface area (Å²) >= 11 is 0. The molecule has 0 radical (unpaired) electrons. The maximum atomic E-state index is 13.9. The normalized spacial score (nSPS) is 16.7. The van der Waals surface area contributed by atoms with E-state index in [4.69, 9.17) is 5.73 Å². The molecule has 0 aliphatic heterocycles. The summed E-state index contributed by atoms with van der Waals surface area (Å²) in [6.07, 6.45) is 5.41. The third-order valence-corrected chi connectivity index (χ3v) is 3.93. The fourth-order valence-electron chi connectivity index (χ4n) is 2.71. The number of carbonyl (C=O) groups is 1. The lowest BCUT2D eigenvalue weighted by Gasteiger charge is -2.34. The molecule has 3 nitrogen and oxygen atoms in total. The van der Waals surface area contributed by atoms with Gasteiger partial charge in [-0.2, -0.15) is 0 Å². The molecule has 0 atom stereocenters. The molecule has 1 aliphatic carbocycles. The molecule has 1 fully saturated rings. The van der Waals surface area contributed by atoms with Crippen molar-refractivity contribution in [3.05, 3.63) is 35.1 Å². The molecule has 0 bridgehead atoms. The van der Waals surface area contributed by atoms with E-state index >= 15 is 0 Å². The van der Waals surface area contributed by atoms with E-state index in [-0.39, 0.29) is 23.6 Å². The minimum atomic E-state index is -0.489. The van der Waals surface area contributed by atoms with Gasteiger partial charge in [0.2, 0.25) is 0 Å². The number of nitrogens with one attached hydrogen (secondary N) is 1. The summed E-state index contributed by atoms with van der Waals surface area (Å²) in [6.45, 7) is 2.24. The average Bonchev–Trinajstić information content (AvgIpc) is 2.46. The van der Waals surface area contributed by atoms with E-state index in [0.717, 1.165) is 25.7 Å². The van der Waals surface area contributed by atoms with E-state index in [1.807, 2.05) is 0 Å². The second-order valence-corrected chi connectivity index (χ2v) is 5.78. The highest BCUT2D eigenvalue weighted by Gasteiger charge is 2.28. The van der Waals surface area contributed by atoms with Gasteiger partial charge >= 0.3 is 0 Å². The number of halogens is 1. The second-order valence-electron chi connectivity index (χ2n) is 5.78. The Morgan fingerprint density at radius 2 is 2.10 bits per heavy atom. The molecular weight excluding hydrogens is 267 g/mol. The van der Waals surface area contributed by atoms with Crippen molar-refractivity contribution in [1.82, 2.24) is 5.32 Å². The predicted molar refractivity (Wildman–Crippen MR) is 81.3 cm³/mol. The Hall–Kier alpha value is -1.86. The van der Waals surface area contributed by atoms with Crippen molar-refractivity contribution >= 4 is 5.91 Å². The lowest BCUT2D eigenvalue weighted by molar-refractivity contribution is 0.0882. The quantitative estimate of drug-likeness (QED) is 0.822. The van der Waals surface area contributed by atoms with E-state index in [2.05, 4.69) is 24.1 Å². The van der Waals surface area contributed by atoms with Crippen molar-refractivity contribution in [2.45, 2.75) is 44.6 Å². The molecule has 1 aromatic rings. The van der Waals surface area contributed by atoms with Crippen LogP contribution in [0, 0.1) is 17.7 Å². The Morgan fingerprint density at radius 3 is 2.71 bits per heavy atom. The van der Waals surface area contributed by atoms with Crippen molar-refractivity contribution in [3.63, 3.8) is 0 Å². The van der Waals surface area contributed by atoms with Gasteiger partial charge in [-0.15, -0.1) is 0 Å². The summed E-state index contributed by atoms with van der Waals surface area (Å²) < 4.78 is 13.9. The van der Waals surface area contributed by atoms with Crippen LogP contribution in [0.1, 0.15) is 54.9 Å². The minimum Gasteiger partial charge on any atom is -0.347 e. The summed E-state index contributed by atoms with van der Waals surface area (Å²) in [6, 6.07) is 4.36. The van der Waals surface area contributed by atoms with Gasteiger partial charge in [-0.3, -0.25) is 4.79 Å². The monoisotopic (exact) mass is 288 g/mol. The van der Waals surface area contributed by atoms with Crippen molar-refractivity contribution in [2.24, 2.45) is 5.73 Å². The van der Waals surface area contributed by atoms with E-state index in [0.29, 0.717) is 5.56 Å². The van der Waals surface area contributed by atoms with Gasteiger partial charge in [0.1, 0.15) is 5.82 Å². The predicted octanol–water partition coefficient (Wildman–Crippen LogP) is 2.59. The number of rotatable bonds is 2. The van der Waals surface area contributed by atoms with Crippen LogP contribution in [-0.2, 0) is 0 Å². The summed E-state index contributed by atoms with van der Waals surface area (Å²) in [7, 11) is 0. The average molecular weight is 288 g/mol. The van der Waals surface area contributed by atoms with Gasteiger partial charge < -0.3 is 11.1 Å². The van der Waals surface area contributed by atoms with Crippen LogP contribution >= 0.6 is 0 Å². The van der Waals surface area contributed by atoms with Crippen molar-refractivity contribution in [3.8, 4) is 11.8 Å². The first-order valence-electron chi connectivity index (χ1n) is 7.35. The maximum absolute atomic E-state index is 13.9. The summed E-state index contributed by atoms with van der Waals surface area (Å²) in [5.74, 6) is 4.54. The van der Waals surface area contributed by atoms with Gasteiger partial charge in [0.25, 0.3) is 5.91 Å². The number of amides is 1. The Balaban J connectivity index is 2.11. The molecule has 1 aromatic carbocycles. The van der Waals surface area contributed by atoms with Crippen molar-refractivity contribution < 1.29 is 9.18 Å². The van der Waals surface area contributed by atoms with Crippen LogP contribution in [0.5, 0.6) is 0 Å². The smallest absolute Gasteiger partial charge is 0.251 e. The zero-order valence-electron chi connectivity index (χ0n) is 12.3. The Kier molecular flexibility index (Phi) is 4.98.